The van der Waals surface area contributed by atoms with Gasteiger partial charge in [-0.15, -0.1) is 0 Å². The van der Waals surface area contributed by atoms with Crippen LogP contribution in [0.15, 0.2) is 18.2 Å². The molecule has 0 bridgehead atoms. The summed E-state index contributed by atoms with van der Waals surface area (Å²) in [5, 5.41) is 9.11. The monoisotopic (exact) mass is 333 g/mol. The molecule has 24 heavy (non-hydrogen) atoms. The Kier molecular flexibility index (Phi) is 6.20. The molecule has 2 rings (SSSR count). The van der Waals surface area contributed by atoms with Gasteiger partial charge in [0.15, 0.2) is 6.61 Å². The Morgan fingerprint density at radius 1 is 1.33 bits per heavy atom. The first-order valence-corrected chi connectivity index (χ1v) is 8.53. The van der Waals surface area contributed by atoms with E-state index in [-0.39, 0.29) is 36.5 Å². The molecule has 0 saturated heterocycles. The maximum absolute atomic E-state index is 12.2. The Labute approximate surface area is 143 Å². The lowest BCUT2D eigenvalue weighted by atomic mass is 10.1. The highest BCUT2D eigenvalue weighted by Gasteiger charge is 2.20. The number of ether oxygens (including phenoxy) is 1. The molecule has 1 aliphatic rings. The summed E-state index contributed by atoms with van der Waals surface area (Å²) in [5.74, 6) is 0.514. The summed E-state index contributed by atoms with van der Waals surface area (Å²) in [6, 6.07) is 5.51. The van der Waals surface area contributed by atoms with Crippen LogP contribution in [-0.4, -0.2) is 30.5 Å². The smallest absolute Gasteiger partial charge is 0.262 e. The normalized spacial score (nSPS) is 17.1. The Morgan fingerprint density at radius 3 is 2.79 bits per heavy atom. The van der Waals surface area contributed by atoms with Crippen molar-refractivity contribution < 1.29 is 14.3 Å². The Bertz CT molecular complexity index is 603. The van der Waals surface area contributed by atoms with Gasteiger partial charge in [0.25, 0.3) is 5.91 Å². The highest BCUT2D eigenvalue weighted by molar-refractivity contribution is 5.95. The Hall–Kier alpha value is -2.08. The van der Waals surface area contributed by atoms with Gasteiger partial charge in [0, 0.05) is 12.1 Å². The first-order valence-electron chi connectivity index (χ1n) is 8.53. The molecular formula is C18H27N3O3. The molecule has 132 valence electrons. The molecule has 1 aliphatic heterocycles. The summed E-state index contributed by atoms with van der Waals surface area (Å²) < 4.78 is 5.36. The lowest BCUT2D eigenvalue weighted by molar-refractivity contribution is -0.123. The van der Waals surface area contributed by atoms with Gasteiger partial charge in [-0.05, 0) is 44.9 Å². The van der Waals surface area contributed by atoms with Crippen LogP contribution < -0.4 is 20.7 Å². The Morgan fingerprint density at radius 2 is 2.08 bits per heavy atom. The van der Waals surface area contributed by atoms with Gasteiger partial charge in [-0.2, -0.15) is 0 Å². The van der Waals surface area contributed by atoms with E-state index in [1.54, 1.807) is 0 Å². The number of hydrogen-bond donors (Lipinski definition) is 3. The summed E-state index contributed by atoms with van der Waals surface area (Å²) in [4.78, 5) is 23.6. The van der Waals surface area contributed by atoms with Crippen molar-refractivity contribution >= 4 is 17.5 Å². The zero-order valence-corrected chi connectivity index (χ0v) is 14.8. The fourth-order valence-corrected chi connectivity index (χ4v) is 2.79. The molecule has 0 saturated carbocycles. The van der Waals surface area contributed by atoms with Crippen LogP contribution in [0.2, 0.25) is 0 Å². The minimum atomic E-state index is -0.304. The van der Waals surface area contributed by atoms with Crippen molar-refractivity contribution in [3.8, 4) is 5.75 Å². The van der Waals surface area contributed by atoms with E-state index in [9.17, 15) is 9.59 Å². The zero-order valence-electron chi connectivity index (χ0n) is 14.8. The lowest BCUT2D eigenvalue weighted by Gasteiger charge is -2.24. The standard InChI is InChI=1S/C18H27N3O3/c1-5-6-11(2)19-18(23)13(4)20-12(3)14-7-8-16-15(9-14)21-17(22)10-24-16/h7-9,11-13,20H,5-6,10H2,1-4H3,(H,19,23)(H,21,22)/t11-,12-,13+/m0/s1. The molecule has 1 heterocycles. The largest absolute Gasteiger partial charge is 0.482 e. The molecule has 6 heteroatoms. The summed E-state index contributed by atoms with van der Waals surface area (Å²) in [5.41, 5.74) is 1.66. The molecule has 3 N–H and O–H groups in total. The highest BCUT2D eigenvalue weighted by atomic mass is 16.5. The van der Waals surface area contributed by atoms with Crippen molar-refractivity contribution in [3.63, 3.8) is 0 Å². The third kappa shape index (κ3) is 4.71. The van der Waals surface area contributed by atoms with Crippen LogP contribution in [0.1, 0.15) is 52.1 Å². The predicted octanol–water partition coefficient (Wildman–Crippen LogP) is 2.36. The second-order valence-electron chi connectivity index (χ2n) is 6.40. The summed E-state index contributed by atoms with van der Waals surface area (Å²) in [6.07, 6.45) is 2.01. The van der Waals surface area contributed by atoms with E-state index >= 15 is 0 Å². The third-order valence-corrected chi connectivity index (χ3v) is 4.14. The third-order valence-electron chi connectivity index (χ3n) is 4.14. The summed E-state index contributed by atoms with van der Waals surface area (Å²) in [7, 11) is 0. The molecule has 6 nitrogen and oxygen atoms in total. The zero-order chi connectivity index (χ0) is 17.7. The van der Waals surface area contributed by atoms with Crippen molar-refractivity contribution in [2.45, 2.75) is 58.7 Å². The van der Waals surface area contributed by atoms with Crippen LogP contribution in [0.4, 0.5) is 5.69 Å². The predicted molar refractivity (Wildman–Crippen MR) is 94.1 cm³/mol. The topological polar surface area (TPSA) is 79.5 Å². The maximum Gasteiger partial charge on any atom is 0.262 e. The van der Waals surface area contributed by atoms with E-state index in [1.165, 1.54) is 0 Å². The van der Waals surface area contributed by atoms with E-state index in [0.29, 0.717) is 11.4 Å². The molecule has 1 aromatic carbocycles. The molecule has 0 aromatic heterocycles. The summed E-state index contributed by atoms with van der Waals surface area (Å²) in [6.45, 7) is 8.02. The van der Waals surface area contributed by atoms with Crippen molar-refractivity contribution in [1.82, 2.24) is 10.6 Å². The maximum atomic E-state index is 12.2. The second kappa shape index (κ2) is 8.15. The van der Waals surface area contributed by atoms with Crippen LogP contribution in [0, 0.1) is 0 Å². The number of rotatable bonds is 7. The fourth-order valence-electron chi connectivity index (χ4n) is 2.79. The van der Waals surface area contributed by atoms with Gasteiger partial charge in [-0.25, -0.2) is 0 Å². The van der Waals surface area contributed by atoms with E-state index in [1.807, 2.05) is 39.0 Å². The molecule has 2 amide bonds. The van der Waals surface area contributed by atoms with Crippen molar-refractivity contribution in [1.29, 1.82) is 0 Å². The van der Waals surface area contributed by atoms with Crippen LogP contribution in [-0.2, 0) is 9.59 Å². The molecule has 3 atom stereocenters. The van der Waals surface area contributed by atoms with E-state index in [0.717, 1.165) is 18.4 Å². The molecule has 0 unspecified atom stereocenters. The highest BCUT2D eigenvalue weighted by Crippen LogP contribution is 2.30. The average Bonchev–Trinajstić information content (AvgIpc) is 2.54. The van der Waals surface area contributed by atoms with E-state index in [4.69, 9.17) is 4.74 Å². The Balaban J connectivity index is 1.96. The number of anilines is 1. The van der Waals surface area contributed by atoms with Crippen LogP contribution >= 0.6 is 0 Å². The molecular weight excluding hydrogens is 306 g/mol. The molecule has 1 aromatic rings. The number of nitrogens with one attached hydrogen (secondary N) is 3. The van der Waals surface area contributed by atoms with Crippen LogP contribution in [0.3, 0.4) is 0 Å². The van der Waals surface area contributed by atoms with Gasteiger partial charge in [-0.1, -0.05) is 19.4 Å². The number of carbonyl (C=O) groups is 2. The van der Waals surface area contributed by atoms with Gasteiger partial charge in [0.05, 0.1) is 11.7 Å². The minimum Gasteiger partial charge on any atom is -0.482 e. The van der Waals surface area contributed by atoms with E-state index in [2.05, 4.69) is 22.9 Å². The SMILES string of the molecule is CCC[C@H](C)NC(=O)[C@@H](C)N[C@@H](C)c1ccc2c(c1)NC(=O)CO2. The molecule has 0 aliphatic carbocycles. The van der Waals surface area contributed by atoms with Crippen molar-refractivity contribution in [2.24, 2.45) is 0 Å². The number of hydrogen-bond acceptors (Lipinski definition) is 4. The fraction of sp³-hybridized carbons (Fsp3) is 0.556. The van der Waals surface area contributed by atoms with Crippen molar-refractivity contribution in [3.05, 3.63) is 23.8 Å². The second-order valence-corrected chi connectivity index (χ2v) is 6.40. The van der Waals surface area contributed by atoms with Gasteiger partial charge in [0.2, 0.25) is 5.91 Å². The van der Waals surface area contributed by atoms with Gasteiger partial charge >= 0.3 is 0 Å². The number of amides is 2. The quantitative estimate of drug-likeness (QED) is 0.716. The van der Waals surface area contributed by atoms with Gasteiger partial charge in [0.1, 0.15) is 5.75 Å². The average molecular weight is 333 g/mol. The van der Waals surface area contributed by atoms with Crippen LogP contribution in [0.5, 0.6) is 5.75 Å². The number of benzene rings is 1. The number of carbonyl (C=O) groups excluding carboxylic acids is 2. The first kappa shape index (κ1) is 18.3. The minimum absolute atomic E-state index is 0.00241. The first-order chi connectivity index (χ1) is 11.4. The molecule has 0 fully saturated rings. The number of fused-ring (bicyclic) bond motifs is 1. The molecule has 0 spiro atoms. The summed E-state index contributed by atoms with van der Waals surface area (Å²) >= 11 is 0. The molecule has 0 radical (unpaired) electrons. The van der Waals surface area contributed by atoms with Gasteiger partial charge < -0.3 is 15.4 Å². The van der Waals surface area contributed by atoms with Crippen LogP contribution in [0.25, 0.3) is 0 Å². The van der Waals surface area contributed by atoms with Gasteiger partial charge in [-0.3, -0.25) is 14.9 Å². The lowest BCUT2D eigenvalue weighted by Crippen LogP contribution is -2.46. The van der Waals surface area contributed by atoms with Crippen molar-refractivity contribution in [2.75, 3.05) is 11.9 Å². The van der Waals surface area contributed by atoms with E-state index < -0.39 is 0 Å².